The normalized spacial score (nSPS) is 19.6. The molecule has 0 aliphatic carbocycles. The van der Waals surface area contributed by atoms with E-state index < -0.39 is 10.0 Å². The summed E-state index contributed by atoms with van der Waals surface area (Å²) in [4.78, 5) is 5.09. The number of benzene rings is 2. The van der Waals surface area contributed by atoms with Crippen LogP contribution in [0.25, 0.3) is 10.2 Å². The summed E-state index contributed by atoms with van der Waals surface area (Å²) in [5.74, 6) is 0.176. The maximum Gasteiger partial charge on any atom is 0.243 e. The standard InChI is InChI=1S/C18H18N2O2S2/c21-24(22,15-8-2-1-3-9-15)20-12-6-7-14(13-20)18-19-16-10-4-5-11-17(16)23-18/h1-5,8-11,14H,6-7,12-13H2/t14-/m1/s1. The average molecular weight is 358 g/mol. The lowest BCUT2D eigenvalue weighted by Gasteiger charge is -2.30. The van der Waals surface area contributed by atoms with Crippen molar-refractivity contribution in [2.75, 3.05) is 13.1 Å². The molecule has 0 N–H and O–H groups in total. The predicted molar refractivity (Wildman–Crippen MR) is 96.8 cm³/mol. The Morgan fingerprint density at radius 3 is 2.58 bits per heavy atom. The Morgan fingerprint density at radius 1 is 1.04 bits per heavy atom. The van der Waals surface area contributed by atoms with Crippen molar-refractivity contribution >= 4 is 31.6 Å². The number of sulfonamides is 1. The Balaban J connectivity index is 1.62. The molecule has 1 aromatic heterocycles. The van der Waals surface area contributed by atoms with E-state index in [9.17, 15) is 8.42 Å². The number of thiazole rings is 1. The predicted octanol–water partition coefficient (Wildman–Crippen LogP) is 3.86. The molecule has 4 nitrogen and oxygen atoms in total. The van der Waals surface area contributed by atoms with Crippen LogP contribution in [0.5, 0.6) is 0 Å². The van der Waals surface area contributed by atoms with Crippen LogP contribution in [0.3, 0.4) is 0 Å². The Labute approximate surface area is 145 Å². The van der Waals surface area contributed by atoms with Crippen LogP contribution in [-0.4, -0.2) is 30.8 Å². The van der Waals surface area contributed by atoms with E-state index in [0.29, 0.717) is 18.0 Å². The summed E-state index contributed by atoms with van der Waals surface area (Å²) in [6.07, 6.45) is 1.85. The molecular formula is C18H18N2O2S2. The van der Waals surface area contributed by atoms with Crippen molar-refractivity contribution in [2.45, 2.75) is 23.7 Å². The number of aromatic nitrogens is 1. The van der Waals surface area contributed by atoms with Gasteiger partial charge in [0.25, 0.3) is 0 Å². The summed E-state index contributed by atoms with van der Waals surface area (Å²) in [6, 6.07) is 16.8. The van der Waals surface area contributed by atoms with Gasteiger partial charge in [-0.05, 0) is 37.1 Å². The molecule has 1 fully saturated rings. The summed E-state index contributed by atoms with van der Waals surface area (Å²) < 4.78 is 28.5. The van der Waals surface area contributed by atoms with E-state index in [1.54, 1.807) is 39.9 Å². The van der Waals surface area contributed by atoms with Gasteiger partial charge >= 0.3 is 0 Å². The van der Waals surface area contributed by atoms with Gasteiger partial charge in [0.1, 0.15) is 0 Å². The molecule has 1 aliphatic rings. The second-order valence-corrected chi connectivity index (χ2v) is 9.04. The molecule has 1 saturated heterocycles. The van der Waals surface area contributed by atoms with Gasteiger partial charge in [-0.25, -0.2) is 13.4 Å². The minimum atomic E-state index is -3.42. The van der Waals surface area contributed by atoms with E-state index in [1.807, 2.05) is 24.3 Å². The van der Waals surface area contributed by atoms with Gasteiger partial charge in [0.05, 0.1) is 20.1 Å². The number of fused-ring (bicyclic) bond motifs is 1. The van der Waals surface area contributed by atoms with Crippen LogP contribution in [0.4, 0.5) is 0 Å². The molecule has 0 radical (unpaired) electrons. The van der Waals surface area contributed by atoms with Crippen molar-refractivity contribution in [1.82, 2.24) is 9.29 Å². The molecule has 0 amide bonds. The van der Waals surface area contributed by atoms with Crippen LogP contribution in [0.2, 0.25) is 0 Å². The highest BCUT2D eigenvalue weighted by Crippen LogP contribution is 2.34. The first-order valence-corrected chi connectivity index (χ1v) is 10.3. The van der Waals surface area contributed by atoms with Crippen molar-refractivity contribution in [3.8, 4) is 0 Å². The van der Waals surface area contributed by atoms with Crippen LogP contribution in [0.1, 0.15) is 23.8 Å². The maximum atomic E-state index is 12.8. The lowest BCUT2D eigenvalue weighted by Crippen LogP contribution is -2.39. The number of piperidine rings is 1. The summed E-state index contributed by atoms with van der Waals surface area (Å²) in [5, 5.41) is 1.05. The summed E-state index contributed by atoms with van der Waals surface area (Å²) in [5.41, 5.74) is 1.00. The third-order valence-electron chi connectivity index (χ3n) is 4.42. The molecule has 124 valence electrons. The Hall–Kier alpha value is -1.76. The number of para-hydroxylation sites is 1. The zero-order valence-electron chi connectivity index (χ0n) is 13.1. The highest BCUT2D eigenvalue weighted by atomic mass is 32.2. The smallest absolute Gasteiger partial charge is 0.241 e. The fourth-order valence-corrected chi connectivity index (χ4v) is 5.81. The molecule has 6 heteroatoms. The number of rotatable bonds is 3. The zero-order chi connectivity index (χ0) is 16.6. The molecule has 2 aromatic carbocycles. The zero-order valence-corrected chi connectivity index (χ0v) is 14.8. The summed E-state index contributed by atoms with van der Waals surface area (Å²) in [6.45, 7) is 1.09. The third-order valence-corrected chi connectivity index (χ3v) is 7.50. The molecule has 24 heavy (non-hydrogen) atoms. The first kappa shape index (κ1) is 15.7. The summed E-state index contributed by atoms with van der Waals surface area (Å²) >= 11 is 1.68. The molecular weight excluding hydrogens is 340 g/mol. The maximum absolute atomic E-state index is 12.8. The van der Waals surface area contributed by atoms with E-state index in [0.717, 1.165) is 28.1 Å². The minimum absolute atomic E-state index is 0.176. The van der Waals surface area contributed by atoms with Crippen LogP contribution in [-0.2, 0) is 10.0 Å². The Kier molecular flexibility index (Phi) is 4.12. The van der Waals surface area contributed by atoms with Crippen molar-refractivity contribution in [3.05, 3.63) is 59.6 Å². The molecule has 0 saturated carbocycles. The topological polar surface area (TPSA) is 50.3 Å². The van der Waals surface area contributed by atoms with Crippen LogP contribution in [0, 0.1) is 0 Å². The lowest BCUT2D eigenvalue weighted by atomic mass is 10.0. The van der Waals surface area contributed by atoms with E-state index in [-0.39, 0.29) is 5.92 Å². The molecule has 0 unspecified atom stereocenters. The molecule has 2 heterocycles. The Bertz CT molecular complexity index is 918. The van der Waals surface area contributed by atoms with Gasteiger partial charge in [0.2, 0.25) is 10.0 Å². The van der Waals surface area contributed by atoms with Gasteiger partial charge in [-0.15, -0.1) is 11.3 Å². The van der Waals surface area contributed by atoms with Gasteiger partial charge in [0, 0.05) is 19.0 Å². The van der Waals surface area contributed by atoms with Crippen LogP contribution in [0.15, 0.2) is 59.5 Å². The van der Waals surface area contributed by atoms with Crippen molar-refractivity contribution < 1.29 is 8.42 Å². The molecule has 0 spiro atoms. The first-order chi connectivity index (χ1) is 11.6. The fourth-order valence-electron chi connectivity index (χ4n) is 3.17. The number of hydrogen-bond acceptors (Lipinski definition) is 4. The van der Waals surface area contributed by atoms with Gasteiger partial charge in [-0.3, -0.25) is 0 Å². The largest absolute Gasteiger partial charge is 0.243 e. The second kappa shape index (κ2) is 6.27. The van der Waals surface area contributed by atoms with Crippen LogP contribution >= 0.6 is 11.3 Å². The lowest BCUT2D eigenvalue weighted by molar-refractivity contribution is 0.315. The molecule has 4 rings (SSSR count). The molecule has 1 atom stereocenters. The van der Waals surface area contributed by atoms with Gasteiger partial charge in [-0.1, -0.05) is 30.3 Å². The van der Waals surface area contributed by atoms with Crippen molar-refractivity contribution in [3.63, 3.8) is 0 Å². The number of nitrogens with zero attached hydrogens (tertiary/aromatic N) is 2. The van der Waals surface area contributed by atoms with Crippen molar-refractivity contribution in [2.24, 2.45) is 0 Å². The number of hydrogen-bond donors (Lipinski definition) is 0. The van der Waals surface area contributed by atoms with E-state index in [1.165, 1.54) is 0 Å². The third kappa shape index (κ3) is 2.85. The first-order valence-electron chi connectivity index (χ1n) is 8.05. The van der Waals surface area contributed by atoms with E-state index >= 15 is 0 Å². The Morgan fingerprint density at radius 2 is 1.79 bits per heavy atom. The van der Waals surface area contributed by atoms with Crippen LogP contribution < -0.4 is 0 Å². The quantitative estimate of drug-likeness (QED) is 0.714. The highest BCUT2D eigenvalue weighted by Gasteiger charge is 2.32. The molecule has 3 aromatic rings. The fraction of sp³-hybridized carbons (Fsp3) is 0.278. The molecule has 1 aliphatic heterocycles. The SMILES string of the molecule is O=S(=O)(c1ccccc1)N1CCC[C@@H](c2nc3ccccc3s2)C1. The summed E-state index contributed by atoms with van der Waals surface area (Å²) in [7, 11) is -3.42. The van der Waals surface area contributed by atoms with E-state index in [4.69, 9.17) is 4.98 Å². The van der Waals surface area contributed by atoms with E-state index in [2.05, 4.69) is 6.07 Å². The van der Waals surface area contributed by atoms with Gasteiger partial charge in [-0.2, -0.15) is 4.31 Å². The monoisotopic (exact) mass is 358 g/mol. The molecule has 0 bridgehead atoms. The second-order valence-electron chi connectivity index (χ2n) is 6.04. The van der Waals surface area contributed by atoms with Crippen molar-refractivity contribution in [1.29, 1.82) is 0 Å². The minimum Gasteiger partial charge on any atom is -0.241 e. The van der Waals surface area contributed by atoms with Gasteiger partial charge < -0.3 is 0 Å². The highest BCUT2D eigenvalue weighted by molar-refractivity contribution is 7.89. The average Bonchev–Trinajstić information content (AvgIpc) is 3.07. The van der Waals surface area contributed by atoms with Gasteiger partial charge in [0.15, 0.2) is 0 Å².